The fraction of sp³-hybridized carbons (Fsp3) is 0.714. The Kier molecular flexibility index (Phi) is 12.6. The molecule has 0 N–H and O–H groups in total. The summed E-state index contributed by atoms with van der Waals surface area (Å²) in [7, 11) is 0. The summed E-state index contributed by atoms with van der Waals surface area (Å²) in [5.41, 5.74) is 0. The van der Waals surface area contributed by atoms with Crippen LogP contribution in [0.3, 0.4) is 0 Å². The number of unbranched alkanes of at least 4 members (excludes halogenated alkanes) is 1. The van der Waals surface area contributed by atoms with Gasteiger partial charge in [0.25, 0.3) is 0 Å². The van der Waals surface area contributed by atoms with Gasteiger partial charge in [0, 0.05) is 39.1 Å². The molecule has 0 unspecified atom stereocenters. The second kappa shape index (κ2) is 9.57. The van der Waals surface area contributed by atoms with E-state index in [4.69, 9.17) is 0 Å². The molecule has 57 valence electrons. The predicted octanol–water partition coefficient (Wildman–Crippen LogP) is 1.55. The molecule has 0 atom stereocenters. The minimum absolute atomic E-state index is 0. The third-order valence-electron chi connectivity index (χ3n) is 0.936. The van der Waals surface area contributed by atoms with Gasteiger partial charge in [0.1, 0.15) is 0 Å². The van der Waals surface area contributed by atoms with E-state index in [9.17, 15) is 4.79 Å². The average Bonchev–Trinajstić information content (AvgIpc) is 1.85. The zero-order valence-electron chi connectivity index (χ0n) is 6.43. The van der Waals surface area contributed by atoms with Gasteiger partial charge in [-0.15, -0.1) is 0 Å². The van der Waals surface area contributed by atoms with Crippen molar-refractivity contribution in [2.24, 2.45) is 0 Å². The zero-order chi connectivity index (χ0) is 7.11. The van der Waals surface area contributed by atoms with Crippen LogP contribution in [-0.2, 0) is 42.2 Å². The van der Waals surface area contributed by atoms with Crippen molar-refractivity contribution < 1.29 is 42.2 Å². The molecule has 0 bridgehead atoms. The van der Waals surface area contributed by atoms with Gasteiger partial charge in [0.05, 0.1) is 6.61 Å². The molecule has 0 heterocycles. The Bertz CT molecular complexity index is 83.7. The molecule has 0 rings (SSSR count). The summed E-state index contributed by atoms with van der Waals surface area (Å²) in [6.45, 7) is 5.90. The first-order valence-electron chi connectivity index (χ1n) is 3.26. The fourth-order valence-electron chi connectivity index (χ4n) is 0.502. The number of hydrogen-bond acceptors (Lipinski definition) is 2. The van der Waals surface area contributed by atoms with Gasteiger partial charge in [-0.3, -0.25) is 4.79 Å². The van der Waals surface area contributed by atoms with Crippen LogP contribution >= 0.6 is 0 Å². The molecule has 0 aliphatic carbocycles. The minimum Gasteiger partial charge on any atom is -0.466 e. The third-order valence-corrected chi connectivity index (χ3v) is 0.936. The Morgan fingerprint density at radius 1 is 1.60 bits per heavy atom. The number of carbonyl (C=O) groups excluding carboxylic acids is 1. The van der Waals surface area contributed by atoms with Crippen LogP contribution < -0.4 is 0 Å². The smallest absolute Gasteiger partial charge is 0.305 e. The van der Waals surface area contributed by atoms with Crippen molar-refractivity contribution in [3.05, 3.63) is 6.92 Å². The average molecular weight is 218 g/mol. The topological polar surface area (TPSA) is 26.3 Å². The molecule has 3 heteroatoms. The van der Waals surface area contributed by atoms with Crippen molar-refractivity contribution in [3.63, 3.8) is 0 Å². The molecule has 0 aromatic heterocycles. The van der Waals surface area contributed by atoms with Gasteiger partial charge in [0.2, 0.25) is 0 Å². The van der Waals surface area contributed by atoms with Crippen molar-refractivity contribution in [2.75, 3.05) is 6.61 Å². The SMILES string of the molecule is [CH2-]CCCC(=O)OCC.[Y]. The van der Waals surface area contributed by atoms with Crippen LogP contribution in [-0.4, -0.2) is 12.6 Å². The van der Waals surface area contributed by atoms with Gasteiger partial charge in [-0.1, -0.05) is 6.42 Å². The summed E-state index contributed by atoms with van der Waals surface area (Å²) in [5, 5.41) is 0. The summed E-state index contributed by atoms with van der Waals surface area (Å²) in [6, 6.07) is 0. The van der Waals surface area contributed by atoms with E-state index in [1.807, 2.05) is 6.92 Å². The van der Waals surface area contributed by atoms with Crippen LogP contribution in [0, 0.1) is 6.92 Å². The van der Waals surface area contributed by atoms with Crippen LogP contribution in [0.15, 0.2) is 0 Å². The van der Waals surface area contributed by atoms with E-state index < -0.39 is 0 Å². The maximum Gasteiger partial charge on any atom is 0.305 e. The standard InChI is InChI=1S/C7H13O2.Y/c1-3-5-6-7(8)9-4-2;/h1,3-6H2,2H3;/q-1;. The van der Waals surface area contributed by atoms with Gasteiger partial charge in [-0.05, 0) is 6.92 Å². The van der Waals surface area contributed by atoms with Crippen LogP contribution in [0.4, 0.5) is 0 Å². The molecule has 0 aliphatic heterocycles. The van der Waals surface area contributed by atoms with E-state index in [-0.39, 0.29) is 38.7 Å². The van der Waals surface area contributed by atoms with E-state index in [2.05, 4.69) is 11.7 Å². The van der Waals surface area contributed by atoms with Gasteiger partial charge in [-0.25, -0.2) is 0 Å². The second-order valence-electron chi connectivity index (χ2n) is 1.76. The molecular formula is C7H13O2Y-. The molecule has 0 saturated heterocycles. The van der Waals surface area contributed by atoms with Crippen LogP contribution in [0.5, 0.6) is 0 Å². The summed E-state index contributed by atoms with van der Waals surface area (Å²) < 4.78 is 4.68. The molecule has 0 aliphatic rings. The third kappa shape index (κ3) is 8.57. The number of ether oxygens (including phenoxy) is 1. The van der Waals surface area contributed by atoms with E-state index in [0.717, 1.165) is 12.8 Å². The molecule has 0 fully saturated rings. The Hall–Kier alpha value is 0.574. The quantitative estimate of drug-likeness (QED) is 0.528. The van der Waals surface area contributed by atoms with Crippen molar-refractivity contribution in [3.8, 4) is 0 Å². The molecule has 1 radical (unpaired) electrons. The van der Waals surface area contributed by atoms with Crippen molar-refractivity contribution >= 4 is 5.97 Å². The largest absolute Gasteiger partial charge is 0.466 e. The summed E-state index contributed by atoms with van der Waals surface area (Å²) in [5.74, 6) is -0.110. The first kappa shape index (κ1) is 13.2. The Labute approximate surface area is 87.6 Å². The minimum atomic E-state index is -0.110. The Morgan fingerprint density at radius 2 is 2.20 bits per heavy atom. The van der Waals surface area contributed by atoms with Gasteiger partial charge < -0.3 is 11.7 Å². The molecule has 0 aromatic rings. The van der Waals surface area contributed by atoms with Crippen LogP contribution in [0.25, 0.3) is 0 Å². The molecule has 0 spiro atoms. The van der Waals surface area contributed by atoms with Crippen molar-refractivity contribution in [1.82, 2.24) is 0 Å². The molecule has 0 amide bonds. The van der Waals surface area contributed by atoms with Gasteiger partial charge in [0.15, 0.2) is 0 Å². The van der Waals surface area contributed by atoms with Gasteiger partial charge >= 0.3 is 5.97 Å². The van der Waals surface area contributed by atoms with E-state index in [1.54, 1.807) is 0 Å². The molecular weight excluding hydrogens is 205 g/mol. The first-order valence-corrected chi connectivity index (χ1v) is 3.26. The van der Waals surface area contributed by atoms with Crippen molar-refractivity contribution in [1.29, 1.82) is 0 Å². The number of carbonyl (C=O) groups is 1. The predicted molar refractivity (Wildman–Crippen MR) is 35.8 cm³/mol. The molecule has 2 nitrogen and oxygen atoms in total. The summed E-state index contributed by atoms with van der Waals surface area (Å²) in [6.07, 6.45) is 2.15. The maximum atomic E-state index is 10.6. The zero-order valence-corrected chi connectivity index (χ0v) is 9.27. The molecule has 0 aromatic carbocycles. The Morgan fingerprint density at radius 3 is 2.60 bits per heavy atom. The van der Waals surface area contributed by atoms with Crippen LogP contribution in [0.1, 0.15) is 26.2 Å². The number of rotatable bonds is 4. The van der Waals surface area contributed by atoms with E-state index >= 15 is 0 Å². The molecule has 0 saturated carbocycles. The van der Waals surface area contributed by atoms with Crippen LogP contribution in [0.2, 0.25) is 0 Å². The summed E-state index contributed by atoms with van der Waals surface area (Å²) >= 11 is 0. The van der Waals surface area contributed by atoms with Crippen molar-refractivity contribution in [2.45, 2.75) is 26.2 Å². The van der Waals surface area contributed by atoms with Gasteiger partial charge in [-0.2, -0.15) is 6.42 Å². The fourth-order valence-corrected chi connectivity index (χ4v) is 0.502. The summed E-state index contributed by atoms with van der Waals surface area (Å²) in [4.78, 5) is 10.6. The number of hydrogen-bond donors (Lipinski definition) is 0. The van der Waals surface area contributed by atoms with E-state index in [1.165, 1.54) is 0 Å². The van der Waals surface area contributed by atoms with E-state index in [0.29, 0.717) is 13.0 Å². The molecule has 10 heavy (non-hydrogen) atoms. The number of esters is 1. The second-order valence-corrected chi connectivity index (χ2v) is 1.76. The first-order chi connectivity index (χ1) is 4.31. The maximum absolute atomic E-state index is 10.6. The normalized spacial score (nSPS) is 8.20. The monoisotopic (exact) mass is 218 g/mol. The Balaban J connectivity index is 0.